The minimum absolute atomic E-state index is 0. The molecule has 0 bridgehead atoms. The van der Waals surface area contributed by atoms with Crippen LogP contribution < -0.4 is 10.9 Å². The van der Waals surface area contributed by atoms with Crippen LogP contribution in [0.1, 0.15) is 6.92 Å². The molecule has 0 saturated carbocycles. The average Bonchev–Trinajstić information content (AvgIpc) is 2.51. The van der Waals surface area contributed by atoms with Gasteiger partial charge in [0.2, 0.25) is 5.91 Å². The minimum Gasteiger partial charge on any atom is -0.336 e. The molecule has 0 unspecified atom stereocenters. The monoisotopic (exact) mass is 400 g/mol. The number of carbonyl (C=O) groups is 1. The molecule has 1 aromatic carbocycles. The van der Waals surface area contributed by atoms with Crippen molar-refractivity contribution in [1.82, 2.24) is 19.8 Å². The van der Waals surface area contributed by atoms with Crippen molar-refractivity contribution in [2.24, 2.45) is 0 Å². The van der Waals surface area contributed by atoms with Crippen molar-refractivity contribution in [3.05, 3.63) is 39.4 Å². The van der Waals surface area contributed by atoms with Gasteiger partial charge in [0.05, 0.1) is 17.2 Å². The fourth-order valence-corrected chi connectivity index (χ4v) is 3.05. The Morgan fingerprint density at radius 1 is 1.48 bits per heavy atom. The van der Waals surface area contributed by atoms with E-state index in [-0.39, 0.29) is 36.5 Å². The van der Waals surface area contributed by atoms with Crippen LogP contribution in [0.5, 0.6) is 0 Å². The number of halogens is 2. The van der Waals surface area contributed by atoms with Gasteiger partial charge in [-0.15, -0.1) is 12.4 Å². The van der Waals surface area contributed by atoms with Gasteiger partial charge in [0, 0.05) is 30.1 Å². The number of nitrogens with zero attached hydrogens (tertiary/aromatic N) is 3. The Labute approximate surface area is 148 Å². The molecule has 2 aromatic rings. The van der Waals surface area contributed by atoms with E-state index in [1.165, 1.54) is 10.9 Å². The van der Waals surface area contributed by atoms with E-state index in [0.29, 0.717) is 17.4 Å². The SMILES string of the molecule is C[C@@H]1CNCCN1C(=O)Cn1cnc2ccc(Br)cc2c1=O.Cl. The molecule has 1 N–H and O–H groups in total. The zero-order valence-electron chi connectivity index (χ0n) is 12.7. The molecule has 0 aliphatic carbocycles. The second kappa shape index (κ2) is 7.42. The number of nitrogens with one attached hydrogen (secondary N) is 1. The smallest absolute Gasteiger partial charge is 0.261 e. The van der Waals surface area contributed by atoms with Crippen LogP contribution in [0.3, 0.4) is 0 Å². The number of aromatic nitrogens is 2. The van der Waals surface area contributed by atoms with Crippen LogP contribution in [0.2, 0.25) is 0 Å². The van der Waals surface area contributed by atoms with Crippen molar-refractivity contribution < 1.29 is 4.79 Å². The highest BCUT2D eigenvalue weighted by atomic mass is 79.9. The molecule has 1 aliphatic rings. The molecule has 124 valence electrons. The van der Waals surface area contributed by atoms with Crippen LogP contribution >= 0.6 is 28.3 Å². The molecular weight excluding hydrogens is 384 g/mol. The fraction of sp³-hybridized carbons (Fsp3) is 0.400. The molecule has 23 heavy (non-hydrogen) atoms. The summed E-state index contributed by atoms with van der Waals surface area (Å²) in [6.07, 6.45) is 1.45. The third kappa shape index (κ3) is 3.73. The first-order valence-corrected chi connectivity index (χ1v) is 8.00. The molecule has 2 heterocycles. The first-order valence-electron chi connectivity index (χ1n) is 7.21. The lowest BCUT2D eigenvalue weighted by molar-refractivity contribution is -0.134. The Bertz CT molecular complexity index is 780. The first kappa shape index (κ1) is 17.9. The highest BCUT2D eigenvalue weighted by Crippen LogP contribution is 2.15. The highest BCUT2D eigenvalue weighted by Gasteiger charge is 2.23. The number of carbonyl (C=O) groups excluding carboxylic acids is 1. The molecule has 1 aliphatic heterocycles. The fourth-order valence-electron chi connectivity index (χ4n) is 2.69. The molecule has 1 amide bonds. The standard InChI is InChI=1S/C15H17BrN4O2.ClH/c1-10-7-17-4-5-20(10)14(21)8-19-9-18-13-3-2-11(16)6-12(13)15(19)22;/h2-3,6,9-10,17H,4-5,7-8H2,1H3;1H/t10-;/m1./s1. The molecule has 1 saturated heterocycles. The van der Waals surface area contributed by atoms with Crippen LogP contribution in [-0.4, -0.2) is 46.0 Å². The quantitative estimate of drug-likeness (QED) is 0.826. The molecule has 1 atom stereocenters. The van der Waals surface area contributed by atoms with E-state index in [0.717, 1.165) is 17.6 Å². The zero-order valence-corrected chi connectivity index (χ0v) is 15.1. The Morgan fingerprint density at radius 3 is 3.00 bits per heavy atom. The van der Waals surface area contributed by atoms with E-state index in [9.17, 15) is 9.59 Å². The predicted molar refractivity (Wildman–Crippen MR) is 95.0 cm³/mol. The predicted octanol–water partition coefficient (Wildman–Crippen LogP) is 1.40. The normalized spacial score (nSPS) is 17.8. The highest BCUT2D eigenvalue weighted by molar-refractivity contribution is 9.10. The van der Waals surface area contributed by atoms with Gasteiger partial charge in [-0.2, -0.15) is 0 Å². The van der Waals surface area contributed by atoms with E-state index in [1.807, 2.05) is 17.9 Å². The van der Waals surface area contributed by atoms with Gasteiger partial charge >= 0.3 is 0 Å². The largest absolute Gasteiger partial charge is 0.336 e. The lowest BCUT2D eigenvalue weighted by atomic mass is 10.2. The summed E-state index contributed by atoms with van der Waals surface area (Å²) >= 11 is 3.35. The molecule has 1 fully saturated rings. The minimum atomic E-state index is -0.192. The summed E-state index contributed by atoms with van der Waals surface area (Å²) < 4.78 is 2.20. The summed E-state index contributed by atoms with van der Waals surface area (Å²) in [6, 6.07) is 5.50. The number of amides is 1. The van der Waals surface area contributed by atoms with Crippen molar-refractivity contribution in [3.8, 4) is 0 Å². The summed E-state index contributed by atoms with van der Waals surface area (Å²) in [4.78, 5) is 31.0. The van der Waals surface area contributed by atoms with Crippen LogP contribution in [-0.2, 0) is 11.3 Å². The molecule has 8 heteroatoms. The van der Waals surface area contributed by atoms with E-state index < -0.39 is 0 Å². The van der Waals surface area contributed by atoms with E-state index in [1.54, 1.807) is 12.1 Å². The van der Waals surface area contributed by atoms with Crippen LogP contribution in [0, 0.1) is 0 Å². The third-order valence-corrected chi connectivity index (χ3v) is 4.41. The first-order chi connectivity index (χ1) is 10.6. The van der Waals surface area contributed by atoms with Gasteiger partial charge in [0.25, 0.3) is 5.56 Å². The molecular formula is C15H18BrClN4O2. The van der Waals surface area contributed by atoms with E-state index in [4.69, 9.17) is 0 Å². The van der Waals surface area contributed by atoms with E-state index >= 15 is 0 Å². The van der Waals surface area contributed by atoms with Crippen LogP contribution in [0.25, 0.3) is 10.9 Å². The summed E-state index contributed by atoms with van der Waals surface area (Å²) in [5, 5.41) is 3.76. The van der Waals surface area contributed by atoms with Crippen molar-refractivity contribution in [2.75, 3.05) is 19.6 Å². The maximum Gasteiger partial charge on any atom is 0.261 e. The maximum absolute atomic E-state index is 12.5. The molecule has 6 nitrogen and oxygen atoms in total. The number of benzene rings is 1. The number of hydrogen-bond acceptors (Lipinski definition) is 4. The van der Waals surface area contributed by atoms with Crippen molar-refractivity contribution in [2.45, 2.75) is 19.5 Å². The summed E-state index contributed by atoms with van der Waals surface area (Å²) in [5.74, 6) is -0.0488. The van der Waals surface area contributed by atoms with Crippen LogP contribution in [0.4, 0.5) is 0 Å². The van der Waals surface area contributed by atoms with Gasteiger partial charge in [-0.3, -0.25) is 14.2 Å². The van der Waals surface area contributed by atoms with Gasteiger partial charge in [0.15, 0.2) is 0 Å². The van der Waals surface area contributed by atoms with Crippen molar-refractivity contribution in [3.63, 3.8) is 0 Å². The van der Waals surface area contributed by atoms with E-state index in [2.05, 4.69) is 26.2 Å². The maximum atomic E-state index is 12.5. The van der Waals surface area contributed by atoms with Gasteiger partial charge in [-0.05, 0) is 25.1 Å². The Balaban J connectivity index is 0.00000192. The second-order valence-corrected chi connectivity index (χ2v) is 6.40. The summed E-state index contributed by atoms with van der Waals surface area (Å²) in [7, 11) is 0. The molecule has 3 rings (SSSR count). The lowest BCUT2D eigenvalue weighted by Crippen LogP contribution is -2.53. The third-order valence-electron chi connectivity index (χ3n) is 3.91. The average molecular weight is 402 g/mol. The molecule has 0 radical (unpaired) electrons. The van der Waals surface area contributed by atoms with Gasteiger partial charge in [-0.25, -0.2) is 4.98 Å². The van der Waals surface area contributed by atoms with Crippen LogP contribution in [0.15, 0.2) is 33.8 Å². The summed E-state index contributed by atoms with van der Waals surface area (Å²) in [5.41, 5.74) is 0.440. The number of rotatable bonds is 2. The second-order valence-electron chi connectivity index (χ2n) is 5.48. The zero-order chi connectivity index (χ0) is 15.7. The Morgan fingerprint density at radius 2 is 2.26 bits per heavy atom. The van der Waals surface area contributed by atoms with Crippen molar-refractivity contribution in [1.29, 1.82) is 0 Å². The summed E-state index contributed by atoms with van der Waals surface area (Å²) in [6.45, 7) is 4.26. The Hall–Kier alpha value is -1.44. The van der Waals surface area contributed by atoms with Gasteiger partial charge < -0.3 is 10.2 Å². The number of piperazine rings is 1. The molecule has 1 aromatic heterocycles. The van der Waals surface area contributed by atoms with Crippen molar-refractivity contribution >= 4 is 45.1 Å². The number of fused-ring (bicyclic) bond motifs is 1. The van der Waals surface area contributed by atoms with Gasteiger partial charge in [0.1, 0.15) is 6.54 Å². The Kier molecular flexibility index (Phi) is 5.78. The topological polar surface area (TPSA) is 67.2 Å². The van der Waals surface area contributed by atoms with Gasteiger partial charge in [-0.1, -0.05) is 15.9 Å². The lowest BCUT2D eigenvalue weighted by Gasteiger charge is -2.34. The molecule has 0 spiro atoms. The number of hydrogen-bond donors (Lipinski definition) is 1.